The molecule has 19 heavy (non-hydrogen) atoms. The quantitative estimate of drug-likeness (QED) is 0.675. The molecule has 0 aliphatic heterocycles. The Morgan fingerprint density at radius 1 is 1.11 bits per heavy atom. The van der Waals surface area contributed by atoms with Gasteiger partial charge in [-0.2, -0.15) is 0 Å². The van der Waals surface area contributed by atoms with Crippen LogP contribution in [0.5, 0.6) is 0 Å². The number of Topliss-reactive ketones (excluding diaryl/α,β-unsaturated/α-hetero) is 1. The first-order valence-corrected chi connectivity index (χ1v) is 6.13. The van der Waals surface area contributed by atoms with Gasteiger partial charge < -0.3 is 0 Å². The Morgan fingerprint density at radius 2 is 1.84 bits per heavy atom. The summed E-state index contributed by atoms with van der Waals surface area (Å²) in [6.07, 6.45) is 3.38. The van der Waals surface area contributed by atoms with Crippen LogP contribution in [-0.4, -0.2) is 19.9 Å². The molecule has 3 rings (SSSR count). The van der Waals surface area contributed by atoms with Gasteiger partial charge in [-0.15, -0.1) is 0 Å². The molecule has 0 amide bonds. The zero-order chi connectivity index (χ0) is 13.7. The van der Waals surface area contributed by atoms with Gasteiger partial charge in [0.2, 0.25) is 0 Å². The highest BCUT2D eigenvalue weighted by Crippen LogP contribution is 2.24. The fraction of sp³-hybridized carbons (Fsp3) is 0.385. The van der Waals surface area contributed by atoms with Gasteiger partial charge in [-0.05, 0) is 18.4 Å². The summed E-state index contributed by atoms with van der Waals surface area (Å²) in [5.41, 5.74) is 0.817. The molecule has 0 saturated carbocycles. The van der Waals surface area contributed by atoms with Gasteiger partial charge in [-0.1, -0.05) is 0 Å². The zero-order valence-corrected chi connectivity index (χ0v) is 10.8. The summed E-state index contributed by atoms with van der Waals surface area (Å²) < 4.78 is 2.40. The normalized spacial score (nSPS) is 14.7. The molecule has 0 bridgehead atoms. The largest absolute Gasteiger partial charge is 0.332 e. The molecule has 2 aromatic heterocycles. The first-order valence-electron chi connectivity index (χ1n) is 6.13. The van der Waals surface area contributed by atoms with Crippen molar-refractivity contribution in [3.63, 3.8) is 0 Å². The Morgan fingerprint density at radius 3 is 2.58 bits per heavy atom. The van der Waals surface area contributed by atoms with Gasteiger partial charge >= 0.3 is 5.69 Å². The van der Waals surface area contributed by atoms with Crippen LogP contribution in [0.25, 0.3) is 11.0 Å². The van der Waals surface area contributed by atoms with E-state index in [0.717, 1.165) is 16.6 Å². The first kappa shape index (κ1) is 11.8. The maximum absolute atomic E-state index is 12.3. The van der Waals surface area contributed by atoms with E-state index >= 15 is 0 Å². The number of ketones is 1. The third-order valence-electron chi connectivity index (χ3n) is 3.71. The van der Waals surface area contributed by atoms with E-state index in [4.69, 9.17) is 0 Å². The van der Waals surface area contributed by atoms with Crippen molar-refractivity contribution >= 4 is 16.8 Å². The Labute approximate surface area is 108 Å². The number of hydrogen-bond donors (Lipinski definition) is 0. The molecule has 0 aromatic carbocycles. The maximum Gasteiger partial charge on any atom is 0.332 e. The Bertz CT molecular complexity index is 830. The lowest BCUT2D eigenvalue weighted by molar-refractivity contribution is 0.0972. The van der Waals surface area contributed by atoms with Crippen LogP contribution in [0.4, 0.5) is 0 Å². The lowest BCUT2D eigenvalue weighted by Crippen LogP contribution is -2.38. The highest BCUT2D eigenvalue weighted by Gasteiger charge is 2.23. The highest BCUT2D eigenvalue weighted by molar-refractivity contribution is 6.01. The van der Waals surface area contributed by atoms with E-state index < -0.39 is 5.69 Å². The number of pyridine rings is 1. The molecule has 6 nitrogen and oxygen atoms in total. The summed E-state index contributed by atoms with van der Waals surface area (Å²) in [4.78, 5) is 40.1. The van der Waals surface area contributed by atoms with E-state index in [0.29, 0.717) is 29.4 Å². The number of aryl methyl sites for hydroxylation is 2. The summed E-state index contributed by atoms with van der Waals surface area (Å²) in [5.74, 6) is 0.0200. The van der Waals surface area contributed by atoms with Gasteiger partial charge in [0.1, 0.15) is 5.65 Å². The van der Waals surface area contributed by atoms with Gasteiger partial charge in [-0.25, -0.2) is 9.78 Å². The monoisotopic (exact) mass is 259 g/mol. The predicted octanol–water partition coefficient (Wildman–Crippen LogP) is 0.151. The van der Waals surface area contributed by atoms with Crippen LogP contribution in [0.2, 0.25) is 0 Å². The smallest absolute Gasteiger partial charge is 0.294 e. The van der Waals surface area contributed by atoms with Crippen LogP contribution < -0.4 is 11.2 Å². The fourth-order valence-corrected chi connectivity index (χ4v) is 2.65. The fourth-order valence-electron chi connectivity index (χ4n) is 2.65. The number of carbonyl (C=O) groups is 1. The average molecular weight is 259 g/mol. The lowest BCUT2D eigenvalue weighted by Gasteiger charge is -2.17. The number of carbonyl (C=O) groups excluding carboxylic acids is 1. The van der Waals surface area contributed by atoms with Crippen molar-refractivity contribution in [2.45, 2.75) is 19.3 Å². The molecule has 1 aliphatic rings. The van der Waals surface area contributed by atoms with E-state index in [1.165, 1.54) is 17.8 Å². The number of hydrogen-bond acceptors (Lipinski definition) is 4. The molecular formula is C13H13N3O3. The van der Waals surface area contributed by atoms with Gasteiger partial charge in [0.15, 0.2) is 5.78 Å². The topological polar surface area (TPSA) is 74.0 Å². The molecule has 1 aliphatic carbocycles. The number of aromatic nitrogens is 3. The summed E-state index contributed by atoms with van der Waals surface area (Å²) >= 11 is 0. The number of fused-ring (bicyclic) bond motifs is 3. The Hall–Kier alpha value is -2.24. The van der Waals surface area contributed by atoms with E-state index in [1.54, 1.807) is 7.05 Å². The van der Waals surface area contributed by atoms with Crippen molar-refractivity contribution < 1.29 is 4.79 Å². The molecule has 6 heteroatoms. The molecular weight excluding hydrogens is 246 g/mol. The molecule has 2 aromatic rings. The van der Waals surface area contributed by atoms with Crippen LogP contribution in [0.15, 0.2) is 15.8 Å². The molecule has 98 valence electrons. The third-order valence-corrected chi connectivity index (χ3v) is 3.71. The average Bonchev–Trinajstić information content (AvgIpc) is 2.42. The van der Waals surface area contributed by atoms with Crippen LogP contribution in [0.1, 0.15) is 28.8 Å². The van der Waals surface area contributed by atoms with Crippen LogP contribution in [0, 0.1) is 0 Å². The van der Waals surface area contributed by atoms with E-state index in [1.807, 2.05) is 0 Å². The van der Waals surface area contributed by atoms with Crippen molar-refractivity contribution in [3.8, 4) is 0 Å². The van der Waals surface area contributed by atoms with Crippen molar-refractivity contribution in [2.75, 3.05) is 0 Å². The van der Waals surface area contributed by atoms with Crippen molar-refractivity contribution in [2.24, 2.45) is 14.1 Å². The lowest BCUT2D eigenvalue weighted by atomic mass is 9.90. The van der Waals surface area contributed by atoms with E-state index in [2.05, 4.69) is 4.98 Å². The third kappa shape index (κ3) is 1.49. The van der Waals surface area contributed by atoms with Gasteiger partial charge in [-0.3, -0.25) is 18.7 Å². The molecule has 0 atom stereocenters. The van der Waals surface area contributed by atoms with Crippen LogP contribution >= 0.6 is 0 Å². The minimum absolute atomic E-state index is 0.0200. The van der Waals surface area contributed by atoms with Gasteiger partial charge in [0.05, 0.1) is 5.39 Å². The first-order chi connectivity index (χ1) is 9.02. The number of nitrogens with zero attached hydrogens (tertiary/aromatic N) is 3. The van der Waals surface area contributed by atoms with Crippen molar-refractivity contribution in [1.29, 1.82) is 0 Å². The zero-order valence-electron chi connectivity index (χ0n) is 10.8. The summed E-state index contributed by atoms with van der Waals surface area (Å²) in [7, 11) is 3.02. The SMILES string of the molecule is Cn1c(=O)c2c3c(cnc2n(C)c1=O)C(=O)CCC3. The van der Waals surface area contributed by atoms with Crippen LogP contribution in [0.3, 0.4) is 0 Å². The second-order valence-corrected chi connectivity index (χ2v) is 4.83. The molecule has 0 spiro atoms. The predicted molar refractivity (Wildman–Crippen MR) is 69.5 cm³/mol. The minimum atomic E-state index is -0.410. The summed E-state index contributed by atoms with van der Waals surface area (Å²) in [6, 6.07) is 0. The van der Waals surface area contributed by atoms with E-state index in [-0.39, 0.29) is 11.3 Å². The molecule has 0 fully saturated rings. The van der Waals surface area contributed by atoms with Gasteiger partial charge in [0, 0.05) is 32.3 Å². The maximum atomic E-state index is 12.3. The van der Waals surface area contributed by atoms with E-state index in [9.17, 15) is 14.4 Å². The van der Waals surface area contributed by atoms with Gasteiger partial charge in [0.25, 0.3) is 5.56 Å². The second-order valence-electron chi connectivity index (χ2n) is 4.83. The van der Waals surface area contributed by atoms with Crippen molar-refractivity contribution in [3.05, 3.63) is 38.2 Å². The minimum Gasteiger partial charge on any atom is -0.294 e. The molecule has 0 unspecified atom stereocenters. The Kier molecular flexibility index (Phi) is 2.41. The summed E-state index contributed by atoms with van der Waals surface area (Å²) in [6.45, 7) is 0. The van der Waals surface area contributed by atoms with Crippen molar-refractivity contribution in [1.82, 2.24) is 14.1 Å². The molecule has 0 saturated heterocycles. The molecule has 0 N–H and O–H groups in total. The second kappa shape index (κ2) is 3.88. The highest BCUT2D eigenvalue weighted by atomic mass is 16.2. The molecule has 2 heterocycles. The Balaban J connectivity index is 2.58. The van der Waals surface area contributed by atoms with Crippen LogP contribution in [-0.2, 0) is 20.5 Å². The summed E-state index contributed by atoms with van der Waals surface area (Å²) in [5, 5.41) is 0.398. The molecule has 0 radical (unpaired) electrons. The standard InChI is InChI=1S/C13H13N3O3/c1-15-11-10(12(18)16(2)13(15)19)7-4-3-5-9(17)8(7)6-14-11/h6H,3-5H2,1-2H3. The number of rotatable bonds is 0.